The average molecular weight is 522 g/mol. The molecule has 8 nitrogen and oxygen atoms in total. The summed E-state index contributed by atoms with van der Waals surface area (Å²) in [5.74, 6) is 0.818. The number of aromatic amines is 1. The van der Waals surface area contributed by atoms with E-state index in [0.717, 1.165) is 59.7 Å². The van der Waals surface area contributed by atoms with Crippen molar-refractivity contribution in [1.82, 2.24) is 19.9 Å². The molecule has 176 valence electrons. The predicted molar refractivity (Wildman–Crippen MR) is 138 cm³/mol. The summed E-state index contributed by atoms with van der Waals surface area (Å²) in [4.78, 5) is 29.7. The first-order chi connectivity index (χ1) is 16.5. The van der Waals surface area contributed by atoms with Crippen LogP contribution in [0, 0.1) is 17.8 Å². The summed E-state index contributed by atoms with van der Waals surface area (Å²) in [6.45, 7) is 4.24. The molecular formula is C25H28BrN7O. The summed E-state index contributed by atoms with van der Waals surface area (Å²) in [5, 5.41) is 3.61. The van der Waals surface area contributed by atoms with Crippen molar-refractivity contribution >= 4 is 44.4 Å². The molecule has 34 heavy (non-hydrogen) atoms. The highest BCUT2D eigenvalue weighted by molar-refractivity contribution is 9.10. The molecule has 4 N–H and O–H groups in total. The van der Waals surface area contributed by atoms with Crippen LogP contribution in [0.2, 0.25) is 0 Å². The van der Waals surface area contributed by atoms with E-state index in [4.69, 9.17) is 10.7 Å². The maximum Gasteiger partial charge on any atom is 0.223 e. The molecule has 3 aromatic rings. The van der Waals surface area contributed by atoms with Gasteiger partial charge in [-0.2, -0.15) is 0 Å². The standard InChI is InChI=1S/C25H28BrN7O/c1-32-8-10-33(11-9-32)17-6-4-14(5-7-17)24-30-22-21(18(26)13-28-25(22)31-24)29-20-16-3-2-15(12-16)19(20)23(27)34/h2-7,13,15-16,19-20H,8-12H2,1H3,(H2,27,34)(H2,28,29,30,31)/t15-,16+,19+,20-/m1/s1. The van der Waals surface area contributed by atoms with E-state index in [1.54, 1.807) is 6.20 Å². The number of hydrogen-bond acceptors (Lipinski definition) is 6. The molecule has 0 spiro atoms. The lowest BCUT2D eigenvalue weighted by Gasteiger charge is -2.34. The summed E-state index contributed by atoms with van der Waals surface area (Å²) in [5.41, 5.74) is 10.3. The van der Waals surface area contributed by atoms with Crippen molar-refractivity contribution in [2.75, 3.05) is 43.4 Å². The normalized spacial score (nSPS) is 26.5. The molecule has 0 radical (unpaired) electrons. The van der Waals surface area contributed by atoms with E-state index in [1.165, 1.54) is 5.69 Å². The van der Waals surface area contributed by atoms with Crippen molar-refractivity contribution in [3.63, 3.8) is 0 Å². The van der Waals surface area contributed by atoms with Gasteiger partial charge in [0.2, 0.25) is 5.91 Å². The molecule has 0 unspecified atom stereocenters. The fourth-order valence-electron chi connectivity index (χ4n) is 5.68. The summed E-state index contributed by atoms with van der Waals surface area (Å²) < 4.78 is 0.829. The number of allylic oxidation sites excluding steroid dienone is 1. The number of halogens is 1. The topological polar surface area (TPSA) is 103 Å². The molecule has 1 amide bonds. The third-order valence-corrected chi connectivity index (χ3v) is 8.18. The minimum Gasteiger partial charge on any atom is -0.378 e. The second-order valence-electron chi connectivity index (χ2n) is 9.65. The Morgan fingerprint density at radius 2 is 1.88 bits per heavy atom. The maximum atomic E-state index is 12.2. The van der Waals surface area contributed by atoms with Crippen LogP contribution in [0.5, 0.6) is 0 Å². The van der Waals surface area contributed by atoms with Gasteiger partial charge in [0.05, 0.1) is 16.1 Å². The van der Waals surface area contributed by atoms with Crippen molar-refractivity contribution < 1.29 is 4.79 Å². The van der Waals surface area contributed by atoms with Gasteiger partial charge in [-0.3, -0.25) is 4.79 Å². The number of piperazine rings is 1. The molecule has 2 bridgehead atoms. The Balaban J connectivity index is 1.29. The average Bonchev–Trinajstić information content (AvgIpc) is 3.56. The van der Waals surface area contributed by atoms with Gasteiger partial charge in [0.25, 0.3) is 0 Å². The Kier molecular flexibility index (Phi) is 5.33. The predicted octanol–water partition coefficient (Wildman–Crippen LogP) is 3.23. The number of amides is 1. The molecule has 3 heterocycles. The van der Waals surface area contributed by atoms with Crippen LogP contribution in [0.4, 0.5) is 11.4 Å². The van der Waals surface area contributed by atoms with Gasteiger partial charge < -0.3 is 25.8 Å². The molecule has 6 rings (SSSR count). The molecule has 4 atom stereocenters. The number of rotatable bonds is 5. The van der Waals surface area contributed by atoms with Crippen LogP contribution in [-0.4, -0.2) is 65.0 Å². The number of anilines is 2. The van der Waals surface area contributed by atoms with E-state index in [2.05, 4.69) is 84.5 Å². The molecule has 2 aliphatic carbocycles. The fraction of sp³-hybridized carbons (Fsp3) is 0.400. The number of benzene rings is 1. The van der Waals surface area contributed by atoms with E-state index in [0.29, 0.717) is 11.6 Å². The van der Waals surface area contributed by atoms with Gasteiger partial charge in [-0.05, 0) is 65.5 Å². The lowest BCUT2D eigenvalue weighted by Crippen LogP contribution is -2.44. The van der Waals surface area contributed by atoms with E-state index in [-0.39, 0.29) is 23.8 Å². The highest BCUT2D eigenvalue weighted by Crippen LogP contribution is 2.46. The van der Waals surface area contributed by atoms with Gasteiger partial charge in [0, 0.05) is 49.7 Å². The second-order valence-corrected chi connectivity index (χ2v) is 10.5. The lowest BCUT2D eigenvalue weighted by molar-refractivity contribution is -0.122. The molecule has 2 aromatic heterocycles. The Morgan fingerprint density at radius 1 is 1.15 bits per heavy atom. The number of aromatic nitrogens is 3. The van der Waals surface area contributed by atoms with E-state index in [1.807, 2.05) is 0 Å². The van der Waals surface area contributed by atoms with E-state index < -0.39 is 0 Å². The zero-order chi connectivity index (χ0) is 23.4. The summed E-state index contributed by atoms with van der Waals surface area (Å²) in [6.07, 6.45) is 7.06. The first-order valence-electron chi connectivity index (χ1n) is 11.8. The van der Waals surface area contributed by atoms with Gasteiger partial charge in [0.1, 0.15) is 11.3 Å². The van der Waals surface area contributed by atoms with Gasteiger partial charge in [-0.1, -0.05) is 12.2 Å². The monoisotopic (exact) mass is 521 g/mol. The third kappa shape index (κ3) is 3.67. The van der Waals surface area contributed by atoms with Crippen LogP contribution in [-0.2, 0) is 4.79 Å². The Hall–Kier alpha value is -2.91. The zero-order valence-electron chi connectivity index (χ0n) is 19.0. The molecule has 9 heteroatoms. The minimum atomic E-state index is -0.249. The smallest absolute Gasteiger partial charge is 0.223 e. The van der Waals surface area contributed by atoms with Crippen LogP contribution < -0.4 is 16.0 Å². The number of carbonyl (C=O) groups is 1. The molecule has 1 aromatic carbocycles. The van der Waals surface area contributed by atoms with Crippen LogP contribution in [0.15, 0.2) is 47.1 Å². The first kappa shape index (κ1) is 21.6. The van der Waals surface area contributed by atoms with Gasteiger partial charge in [-0.15, -0.1) is 0 Å². The molecule has 1 saturated carbocycles. The number of H-pyrrole nitrogens is 1. The number of nitrogens with zero attached hydrogens (tertiary/aromatic N) is 4. The number of hydrogen-bond donors (Lipinski definition) is 3. The molecular weight excluding hydrogens is 494 g/mol. The number of imidazole rings is 1. The number of fused-ring (bicyclic) bond motifs is 3. The summed E-state index contributed by atoms with van der Waals surface area (Å²) in [6, 6.07) is 8.50. The molecule has 3 aliphatic rings. The Labute approximate surface area is 206 Å². The van der Waals surface area contributed by atoms with Crippen molar-refractivity contribution in [3.05, 3.63) is 47.1 Å². The summed E-state index contributed by atoms with van der Waals surface area (Å²) in [7, 11) is 2.17. The molecule has 1 saturated heterocycles. The number of pyridine rings is 1. The van der Waals surface area contributed by atoms with Crippen molar-refractivity contribution in [1.29, 1.82) is 0 Å². The van der Waals surface area contributed by atoms with Crippen LogP contribution in [0.25, 0.3) is 22.6 Å². The largest absolute Gasteiger partial charge is 0.378 e. The Bertz CT molecular complexity index is 1260. The third-order valence-electron chi connectivity index (χ3n) is 7.58. The number of carbonyl (C=O) groups excluding carboxylic acids is 1. The molecule has 2 fully saturated rings. The first-order valence-corrected chi connectivity index (χ1v) is 12.6. The highest BCUT2D eigenvalue weighted by atomic mass is 79.9. The maximum absolute atomic E-state index is 12.2. The quantitative estimate of drug-likeness (QED) is 0.445. The number of nitrogens with two attached hydrogens (primary N) is 1. The van der Waals surface area contributed by atoms with Gasteiger partial charge >= 0.3 is 0 Å². The Morgan fingerprint density at radius 3 is 2.62 bits per heavy atom. The highest BCUT2D eigenvalue weighted by Gasteiger charge is 2.47. The van der Waals surface area contributed by atoms with Crippen molar-refractivity contribution in [3.8, 4) is 11.4 Å². The van der Waals surface area contributed by atoms with Gasteiger partial charge in [0.15, 0.2) is 5.65 Å². The number of nitrogens with one attached hydrogen (secondary N) is 2. The zero-order valence-corrected chi connectivity index (χ0v) is 20.6. The van der Waals surface area contributed by atoms with Crippen molar-refractivity contribution in [2.45, 2.75) is 12.5 Å². The van der Waals surface area contributed by atoms with Crippen LogP contribution in [0.1, 0.15) is 6.42 Å². The number of likely N-dealkylation sites (N-methyl/N-ethyl adjacent to an activating group) is 1. The fourth-order valence-corrected chi connectivity index (χ4v) is 6.09. The van der Waals surface area contributed by atoms with E-state index >= 15 is 0 Å². The van der Waals surface area contributed by atoms with Crippen LogP contribution in [0.3, 0.4) is 0 Å². The minimum absolute atomic E-state index is 0.0379. The molecule has 1 aliphatic heterocycles. The summed E-state index contributed by atoms with van der Waals surface area (Å²) >= 11 is 3.64. The number of primary amides is 1. The van der Waals surface area contributed by atoms with Crippen molar-refractivity contribution in [2.24, 2.45) is 23.5 Å². The van der Waals surface area contributed by atoms with E-state index in [9.17, 15) is 4.79 Å². The lowest BCUT2D eigenvalue weighted by atomic mass is 9.88. The SMILES string of the molecule is CN1CCN(c2ccc(-c3nc4ncc(Br)c(N[C@H]5[C@@H](C(N)=O)[C@@H]6C=C[C@H]5C6)c4[nH]3)cc2)CC1. The van der Waals surface area contributed by atoms with Gasteiger partial charge in [-0.25, -0.2) is 9.97 Å². The van der Waals surface area contributed by atoms with Crippen LogP contribution >= 0.6 is 15.9 Å². The second kappa shape index (κ2) is 8.39.